The maximum atomic E-state index is 11.4. The number of carboxylic acid groups (broad SMARTS) is 3. The molecule has 0 spiro atoms. The van der Waals surface area contributed by atoms with E-state index in [9.17, 15) is 19.5 Å². The number of aliphatic carboxylic acids is 2. The number of ether oxygens (including phenoxy) is 2. The number of aromatic carboxylic acids is 1. The van der Waals surface area contributed by atoms with Crippen LogP contribution in [0.5, 0.6) is 11.5 Å². The first-order valence-electron chi connectivity index (χ1n) is 7.14. The summed E-state index contributed by atoms with van der Waals surface area (Å²) in [4.78, 5) is 33.0. The number of carbonyl (C=O) groups is 3. The molecule has 26 heavy (non-hydrogen) atoms. The van der Waals surface area contributed by atoms with Crippen LogP contribution in [0.2, 0.25) is 0 Å². The predicted octanol–water partition coefficient (Wildman–Crippen LogP) is 3.19. The van der Waals surface area contributed by atoms with Gasteiger partial charge in [0.25, 0.3) is 0 Å². The van der Waals surface area contributed by atoms with Crippen molar-refractivity contribution >= 4 is 45.2 Å². The van der Waals surface area contributed by atoms with E-state index in [1.807, 2.05) is 0 Å². The zero-order valence-electron chi connectivity index (χ0n) is 13.1. The second kappa shape index (κ2) is 8.68. The lowest BCUT2D eigenvalue weighted by Crippen LogP contribution is -2.11. The zero-order chi connectivity index (χ0) is 19.3. The van der Waals surface area contributed by atoms with Crippen LogP contribution >= 0.6 is 27.3 Å². The Bertz CT molecular complexity index is 845. The van der Waals surface area contributed by atoms with Gasteiger partial charge in [-0.15, -0.1) is 11.3 Å². The van der Waals surface area contributed by atoms with Crippen LogP contribution in [0.4, 0.5) is 0 Å². The molecule has 0 aliphatic rings. The monoisotopic (exact) mass is 444 g/mol. The largest absolute Gasteiger partial charge is 0.493 e. The first-order chi connectivity index (χ1) is 12.3. The van der Waals surface area contributed by atoms with E-state index in [-0.39, 0.29) is 23.7 Å². The molecular weight excluding hydrogens is 432 g/mol. The fourth-order valence-corrected chi connectivity index (χ4v) is 3.86. The SMILES string of the molecule is O=C(O)CCOc1cccc(-c2sc(C(=O)O)c(OCC(=O)O)c2Br)c1. The van der Waals surface area contributed by atoms with Crippen molar-refractivity contribution in [3.05, 3.63) is 33.6 Å². The van der Waals surface area contributed by atoms with Crippen molar-refractivity contribution in [2.45, 2.75) is 6.42 Å². The van der Waals surface area contributed by atoms with Crippen LogP contribution in [0.1, 0.15) is 16.1 Å². The Morgan fingerprint density at radius 1 is 1.08 bits per heavy atom. The minimum absolute atomic E-state index is 0.00224. The molecule has 0 saturated heterocycles. The third-order valence-corrected chi connectivity index (χ3v) is 5.25. The lowest BCUT2D eigenvalue weighted by molar-refractivity contribution is -0.139. The van der Waals surface area contributed by atoms with Gasteiger partial charge in [0.1, 0.15) is 5.75 Å². The van der Waals surface area contributed by atoms with Gasteiger partial charge in [0.15, 0.2) is 17.2 Å². The molecule has 2 aromatic rings. The van der Waals surface area contributed by atoms with Crippen LogP contribution in [-0.2, 0) is 9.59 Å². The van der Waals surface area contributed by atoms with Crippen molar-refractivity contribution in [1.82, 2.24) is 0 Å². The Balaban J connectivity index is 2.33. The summed E-state index contributed by atoms with van der Waals surface area (Å²) < 4.78 is 10.8. The quantitative estimate of drug-likeness (QED) is 0.537. The van der Waals surface area contributed by atoms with E-state index in [0.29, 0.717) is 20.7 Å². The molecule has 1 heterocycles. The Labute approximate surface area is 159 Å². The number of benzene rings is 1. The van der Waals surface area contributed by atoms with E-state index in [2.05, 4.69) is 15.9 Å². The molecule has 3 N–H and O–H groups in total. The highest BCUT2D eigenvalue weighted by molar-refractivity contribution is 9.10. The normalized spacial score (nSPS) is 10.3. The highest BCUT2D eigenvalue weighted by atomic mass is 79.9. The Kier molecular flexibility index (Phi) is 6.58. The first kappa shape index (κ1) is 19.7. The van der Waals surface area contributed by atoms with E-state index in [0.717, 1.165) is 11.3 Å². The molecule has 0 aliphatic carbocycles. The summed E-state index contributed by atoms with van der Waals surface area (Å²) in [5.74, 6) is -3.08. The molecular formula is C16H13BrO8S. The number of rotatable bonds is 9. The van der Waals surface area contributed by atoms with Gasteiger partial charge < -0.3 is 24.8 Å². The van der Waals surface area contributed by atoms with Gasteiger partial charge in [0.2, 0.25) is 0 Å². The van der Waals surface area contributed by atoms with Crippen molar-refractivity contribution < 1.29 is 39.2 Å². The molecule has 0 radical (unpaired) electrons. The number of hydrogen-bond donors (Lipinski definition) is 3. The average Bonchev–Trinajstić information content (AvgIpc) is 2.90. The Morgan fingerprint density at radius 3 is 2.42 bits per heavy atom. The van der Waals surface area contributed by atoms with Crippen LogP contribution in [-0.4, -0.2) is 46.4 Å². The molecule has 0 fully saturated rings. The van der Waals surface area contributed by atoms with Crippen LogP contribution in [0, 0.1) is 0 Å². The summed E-state index contributed by atoms with van der Waals surface area (Å²) in [7, 11) is 0. The number of carboxylic acids is 3. The van der Waals surface area contributed by atoms with E-state index < -0.39 is 24.5 Å². The fourth-order valence-electron chi connectivity index (χ4n) is 1.97. The van der Waals surface area contributed by atoms with Gasteiger partial charge in [0, 0.05) is 0 Å². The van der Waals surface area contributed by atoms with Gasteiger partial charge in [-0.1, -0.05) is 12.1 Å². The van der Waals surface area contributed by atoms with Crippen molar-refractivity contribution in [2.24, 2.45) is 0 Å². The van der Waals surface area contributed by atoms with Crippen LogP contribution in [0.25, 0.3) is 10.4 Å². The standard InChI is InChI=1S/C16H13BrO8S/c17-12-13(25-7-11(20)21)15(16(22)23)26-14(12)8-2-1-3-9(6-8)24-5-4-10(18)19/h1-3,6H,4-5,7H2,(H,18,19)(H,20,21)(H,22,23). The van der Waals surface area contributed by atoms with E-state index in [4.69, 9.17) is 19.7 Å². The van der Waals surface area contributed by atoms with Crippen molar-refractivity contribution in [1.29, 1.82) is 0 Å². The van der Waals surface area contributed by atoms with Crippen molar-refractivity contribution in [3.8, 4) is 21.9 Å². The third kappa shape index (κ3) is 4.96. The second-order valence-corrected chi connectivity index (χ2v) is 6.72. The van der Waals surface area contributed by atoms with Crippen LogP contribution in [0.3, 0.4) is 0 Å². The second-order valence-electron chi connectivity index (χ2n) is 4.91. The minimum atomic E-state index is -1.24. The fraction of sp³-hybridized carbons (Fsp3) is 0.188. The van der Waals surface area contributed by atoms with Gasteiger partial charge >= 0.3 is 17.9 Å². The molecule has 138 valence electrons. The van der Waals surface area contributed by atoms with E-state index in [1.54, 1.807) is 24.3 Å². The molecule has 8 nitrogen and oxygen atoms in total. The molecule has 0 aliphatic heterocycles. The first-order valence-corrected chi connectivity index (χ1v) is 8.75. The van der Waals surface area contributed by atoms with Crippen molar-refractivity contribution in [3.63, 3.8) is 0 Å². The summed E-state index contributed by atoms with van der Waals surface area (Å²) in [5, 5.41) is 26.7. The number of hydrogen-bond acceptors (Lipinski definition) is 6. The number of thiophene rings is 1. The molecule has 1 aromatic heterocycles. The van der Waals surface area contributed by atoms with Gasteiger partial charge in [-0.2, -0.15) is 0 Å². The van der Waals surface area contributed by atoms with Crippen molar-refractivity contribution in [2.75, 3.05) is 13.2 Å². The average molecular weight is 445 g/mol. The molecule has 1 aromatic carbocycles. The Hall–Kier alpha value is -2.59. The van der Waals surface area contributed by atoms with Gasteiger partial charge in [-0.3, -0.25) is 4.79 Å². The van der Waals surface area contributed by atoms with Crippen LogP contribution in [0.15, 0.2) is 28.7 Å². The lowest BCUT2D eigenvalue weighted by atomic mass is 10.2. The smallest absolute Gasteiger partial charge is 0.349 e. The van der Waals surface area contributed by atoms with Crippen LogP contribution < -0.4 is 9.47 Å². The highest BCUT2D eigenvalue weighted by Gasteiger charge is 2.24. The summed E-state index contributed by atoms with van der Waals surface area (Å²) in [6, 6.07) is 6.67. The molecule has 0 bridgehead atoms. The summed E-state index contributed by atoms with van der Waals surface area (Å²) >= 11 is 4.19. The Morgan fingerprint density at radius 2 is 1.81 bits per heavy atom. The molecule has 0 unspecified atom stereocenters. The molecule has 0 atom stereocenters. The zero-order valence-corrected chi connectivity index (χ0v) is 15.5. The summed E-state index contributed by atoms with van der Waals surface area (Å²) in [5.41, 5.74) is 0.613. The molecule has 10 heteroatoms. The minimum Gasteiger partial charge on any atom is -0.493 e. The number of halogens is 1. The molecule has 2 rings (SSSR count). The third-order valence-electron chi connectivity index (χ3n) is 3.02. The van der Waals surface area contributed by atoms with E-state index >= 15 is 0 Å². The van der Waals surface area contributed by atoms with E-state index in [1.165, 1.54) is 0 Å². The maximum Gasteiger partial charge on any atom is 0.349 e. The summed E-state index contributed by atoms with van der Waals surface area (Å²) in [6.45, 7) is -0.675. The van der Waals surface area contributed by atoms with Gasteiger partial charge in [-0.25, -0.2) is 9.59 Å². The topological polar surface area (TPSA) is 130 Å². The summed E-state index contributed by atoms with van der Waals surface area (Å²) in [6.07, 6.45) is -0.150. The van der Waals surface area contributed by atoms with Gasteiger partial charge in [0.05, 0.1) is 22.4 Å². The molecule has 0 saturated carbocycles. The molecule has 0 amide bonds. The highest BCUT2D eigenvalue weighted by Crippen LogP contribution is 2.46. The van der Waals surface area contributed by atoms with Gasteiger partial charge in [-0.05, 0) is 33.6 Å². The maximum absolute atomic E-state index is 11.4. The predicted molar refractivity (Wildman–Crippen MR) is 95.3 cm³/mol. The lowest BCUT2D eigenvalue weighted by Gasteiger charge is -2.07.